The van der Waals surface area contributed by atoms with Gasteiger partial charge in [-0.3, -0.25) is 24.6 Å². The van der Waals surface area contributed by atoms with Crippen molar-refractivity contribution in [2.75, 3.05) is 13.2 Å². The zero-order valence-electron chi connectivity index (χ0n) is 14.1. The first kappa shape index (κ1) is 20.6. The zero-order valence-corrected chi connectivity index (χ0v) is 15.8. The number of thiocarbonyl (C=S) groups is 1. The van der Waals surface area contributed by atoms with Crippen LogP contribution in [0.5, 0.6) is 5.75 Å². The van der Waals surface area contributed by atoms with Gasteiger partial charge in [-0.05, 0) is 18.6 Å². The third-order valence-corrected chi connectivity index (χ3v) is 4.87. The normalized spacial score (nSPS) is 15.3. The molecule has 0 saturated carbocycles. The number of carboxylic acid groups (broad SMARTS) is 1. The molecule has 1 aliphatic heterocycles. The molecule has 1 aromatic rings. The number of benzene rings is 1. The monoisotopic (exact) mass is 408 g/mol. The Hall–Kier alpha value is -2.72. The third kappa shape index (κ3) is 5.38. The maximum atomic E-state index is 12.6. The van der Waals surface area contributed by atoms with Gasteiger partial charge in [-0.25, -0.2) is 0 Å². The third-order valence-electron chi connectivity index (χ3n) is 3.49. The summed E-state index contributed by atoms with van der Waals surface area (Å²) in [5.74, 6) is -0.940. The average Bonchev–Trinajstić information content (AvgIpc) is 2.87. The lowest BCUT2D eigenvalue weighted by atomic mass is 10.1. The SMILES string of the molecule is C=CCOc1ccc([N+](=O)[O-])cc1C=C1SC(=S)N(CCCC(=O)O)C1=O. The van der Waals surface area contributed by atoms with Crippen LogP contribution in [0.3, 0.4) is 0 Å². The maximum Gasteiger partial charge on any atom is 0.303 e. The molecule has 1 N–H and O–H groups in total. The molecular formula is C17H16N2O6S2. The van der Waals surface area contributed by atoms with Crippen LogP contribution in [0.25, 0.3) is 6.08 Å². The number of carboxylic acids is 1. The Morgan fingerprint density at radius 3 is 2.85 bits per heavy atom. The minimum Gasteiger partial charge on any atom is -0.489 e. The number of nitro groups is 1. The lowest BCUT2D eigenvalue weighted by Gasteiger charge is -2.13. The molecule has 1 heterocycles. The van der Waals surface area contributed by atoms with E-state index in [-0.39, 0.29) is 37.6 Å². The number of nitrogens with zero attached hydrogens (tertiary/aromatic N) is 2. The molecule has 2 rings (SSSR count). The first-order valence-electron chi connectivity index (χ1n) is 7.82. The molecule has 1 fully saturated rings. The van der Waals surface area contributed by atoms with Crippen LogP contribution in [-0.2, 0) is 9.59 Å². The van der Waals surface area contributed by atoms with Crippen LogP contribution < -0.4 is 4.74 Å². The lowest BCUT2D eigenvalue weighted by molar-refractivity contribution is -0.384. The van der Waals surface area contributed by atoms with Gasteiger partial charge in [0.1, 0.15) is 16.7 Å². The molecule has 0 unspecified atom stereocenters. The van der Waals surface area contributed by atoms with Crippen molar-refractivity contribution in [2.24, 2.45) is 0 Å². The minimum absolute atomic E-state index is 0.0689. The smallest absolute Gasteiger partial charge is 0.303 e. The van der Waals surface area contributed by atoms with Crippen molar-refractivity contribution in [3.05, 3.63) is 51.4 Å². The van der Waals surface area contributed by atoms with Crippen LogP contribution in [0, 0.1) is 10.1 Å². The van der Waals surface area contributed by atoms with Crippen molar-refractivity contribution in [3.63, 3.8) is 0 Å². The number of thioether (sulfide) groups is 1. The highest BCUT2D eigenvalue weighted by atomic mass is 32.2. The van der Waals surface area contributed by atoms with Crippen LogP contribution in [0.1, 0.15) is 18.4 Å². The number of hydrogen-bond donors (Lipinski definition) is 1. The van der Waals surface area contributed by atoms with E-state index in [1.54, 1.807) is 0 Å². The molecule has 1 saturated heterocycles. The number of ether oxygens (including phenoxy) is 1. The Bertz CT molecular complexity index is 837. The van der Waals surface area contributed by atoms with Gasteiger partial charge in [0.15, 0.2) is 0 Å². The molecule has 8 nitrogen and oxygen atoms in total. The number of rotatable bonds is 9. The van der Waals surface area contributed by atoms with Crippen LogP contribution >= 0.6 is 24.0 Å². The number of amides is 1. The van der Waals surface area contributed by atoms with E-state index >= 15 is 0 Å². The van der Waals surface area contributed by atoms with Crippen molar-refractivity contribution >= 4 is 51.9 Å². The molecule has 0 bridgehead atoms. The van der Waals surface area contributed by atoms with Crippen LogP contribution in [0.15, 0.2) is 35.8 Å². The molecule has 0 spiro atoms. The van der Waals surface area contributed by atoms with Crippen molar-refractivity contribution in [1.29, 1.82) is 0 Å². The quantitative estimate of drug-likeness (QED) is 0.218. The van der Waals surface area contributed by atoms with E-state index in [1.807, 2.05) is 0 Å². The summed E-state index contributed by atoms with van der Waals surface area (Å²) in [6.45, 7) is 3.96. The highest BCUT2D eigenvalue weighted by Crippen LogP contribution is 2.35. The molecule has 0 aromatic heterocycles. The van der Waals surface area contributed by atoms with Crippen LogP contribution in [-0.4, -0.2) is 44.3 Å². The van der Waals surface area contributed by atoms with E-state index in [1.165, 1.54) is 35.3 Å². The van der Waals surface area contributed by atoms with Crippen molar-refractivity contribution in [1.82, 2.24) is 4.90 Å². The molecule has 142 valence electrons. The van der Waals surface area contributed by atoms with Gasteiger partial charge in [-0.2, -0.15) is 0 Å². The predicted octanol–water partition coefficient (Wildman–Crippen LogP) is 3.23. The number of aliphatic carboxylic acids is 1. The number of hydrogen-bond acceptors (Lipinski definition) is 7. The second-order valence-electron chi connectivity index (χ2n) is 5.41. The molecule has 1 aliphatic rings. The van der Waals surface area contributed by atoms with Gasteiger partial charge in [0, 0.05) is 30.7 Å². The summed E-state index contributed by atoms with van der Waals surface area (Å²) >= 11 is 6.25. The molecule has 27 heavy (non-hydrogen) atoms. The summed E-state index contributed by atoms with van der Waals surface area (Å²) in [6, 6.07) is 4.09. The van der Waals surface area contributed by atoms with Gasteiger partial charge >= 0.3 is 5.97 Å². The first-order valence-corrected chi connectivity index (χ1v) is 9.05. The molecule has 0 aliphatic carbocycles. The molecule has 10 heteroatoms. The summed E-state index contributed by atoms with van der Waals surface area (Å²) < 4.78 is 5.81. The summed E-state index contributed by atoms with van der Waals surface area (Å²) in [7, 11) is 0. The highest BCUT2D eigenvalue weighted by molar-refractivity contribution is 8.26. The second-order valence-corrected chi connectivity index (χ2v) is 7.09. The van der Waals surface area contributed by atoms with E-state index in [4.69, 9.17) is 22.1 Å². The van der Waals surface area contributed by atoms with Crippen molar-refractivity contribution in [3.8, 4) is 5.75 Å². The van der Waals surface area contributed by atoms with E-state index in [9.17, 15) is 19.7 Å². The Labute approximate surface area is 164 Å². The van der Waals surface area contributed by atoms with E-state index in [2.05, 4.69) is 6.58 Å². The van der Waals surface area contributed by atoms with Gasteiger partial charge < -0.3 is 9.84 Å². The van der Waals surface area contributed by atoms with E-state index in [0.717, 1.165) is 11.8 Å². The minimum atomic E-state index is -0.948. The Kier molecular flexibility index (Phi) is 7.08. The summed E-state index contributed by atoms with van der Waals surface area (Å²) in [5, 5.41) is 19.7. The Morgan fingerprint density at radius 2 is 2.22 bits per heavy atom. The number of non-ortho nitro benzene ring substituents is 1. The number of nitro benzene ring substituents is 1. The summed E-state index contributed by atoms with van der Waals surface area (Å²) in [4.78, 5) is 35.3. The molecular weight excluding hydrogens is 392 g/mol. The number of carbonyl (C=O) groups excluding carboxylic acids is 1. The fourth-order valence-corrected chi connectivity index (χ4v) is 3.56. The molecule has 1 amide bonds. The van der Waals surface area contributed by atoms with E-state index < -0.39 is 10.9 Å². The van der Waals surface area contributed by atoms with E-state index in [0.29, 0.717) is 20.5 Å². The van der Waals surface area contributed by atoms with Gasteiger partial charge in [0.2, 0.25) is 0 Å². The maximum absolute atomic E-state index is 12.6. The van der Waals surface area contributed by atoms with Crippen molar-refractivity contribution in [2.45, 2.75) is 12.8 Å². The molecule has 0 radical (unpaired) electrons. The molecule has 0 atom stereocenters. The largest absolute Gasteiger partial charge is 0.489 e. The van der Waals surface area contributed by atoms with Gasteiger partial charge in [-0.15, -0.1) is 0 Å². The van der Waals surface area contributed by atoms with Gasteiger partial charge in [0.05, 0.1) is 9.83 Å². The highest BCUT2D eigenvalue weighted by Gasteiger charge is 2.32. The van der Waals surface area contributed by atoms with Crippen LogP contribution in [0.2, 0.25) is 0 Å². The predicted molar refractivity (Wildman–Crippen MR) is 106 cm³/mol. The Balaban J connectivity index is 2.28. The summed E-state index contributed by atoms with van der Waals surface area (Å²) in [5.41, 5.74) is 0.237. The molecule has 1 aromatic carbocycles. The number of carbonyl (C=O) groups is 2. The summed E-state index contributed by atoms with van der Waals surface area (Å²) in [6.07, 6.45) is 3.23. The Morgan fingerprint density at radius 1 is 1.48 bits per heavy atom. The lowest BCUT2D eigenvalue weighted by Crippen LogP contribution is -2.29. The zero-order chi connectivity index (χ0) is 20.0. The average molecular weight is 408 g/mol. The van der Waals surface area contributed by atoms with Gasteiger partial charge in [-0.1, -0.05) is 36.6 Å². The van der Waals surface area contributed by atoms with Crippen LogP contribution in [0.4, 0.5) is 5.69 Å². The standard InChI is InChI=1S/C17H16N2O6S2/c1-2-8-25-13-6-5-12(19(23)24)9-11(13)10-14-16(22)18(17(26)27-14)7-3-4-15(20)21/h2,5-6,9-10H,1,3-4,7-8H2,(H,20,21). The fourth-order valence-electron chi connectivity index (χ4n) is 2.26. The van der Waals surface area contributed by atoms with Crippen molar-refractivity contribution < 1.29 is 24.4 Å². The first-order chi connectivity index (χ1) is 12.8. The topological polar surface area (TPSA) is 110 Å². The fraction of sp³-hybridized carbons (Fsp3) is 0.235. The van der Waals surface area contributed by atoms with Gasteiger partial charge in [0.25, 0.3) is 11.6 Å². The second kappa shape index (κ2) is 9.28.